The number of rotatable bonds is 5. The van der Waals surface area contributed by atoms with E-state index in [2.05, 4.69) is 0 Å². The first-order valence-corrected chi connectivity index (χ1v) is 6.55. The molecular weight excluding hydrogens is 300 g/mol. The Kier molecular flexibility index (Phi) is 4.89. The molecule has 0 amide bonds. The van der Waals surface area contributed by atoms with Crippen molar-refractivity contribution in [1.29, 1.82) is 5.26 Å². The van der Waals surface area contributed by atoms with E-state index in [1.807, 2.05) is 6.07 Å². The molecular formula is C16H12N2O5. The number of hydrogen-bond acceptors (Lipinski definition) is 6. The summed E-state index contributed by atoms with van der Waals surface area (Å²) in [4.78, 5) is 22.4. The Morgan fingerprint density at radius 1 is 1.26 bits per heavy atom. The summed E-state index contributed by atoms with van der Waals surface area (Å²) in [5.41, 5.74) is 0.525. The number of nitrogens with zero attached hydrogens (tertiary/aromatic N) is 2. The van der Waals surface area contributed by atoms with Gasteiger partial charge in [0.15, 0.2) is 5.75 Å². The molecule has 0 N–H and O–H groups in total. The van der Waals surface area contributed by atoms with Crippen LogP contribution in [0.3, 0.4) is 0 Å². The molecule has 2 aromatic rings. The third kappa shape index (κ3) is 3.83. The van der Waals surface area contributed by atoms with E-state index in [1.54, 1.807) is 24.3 Å². The lowest BCUT2D eigenvalue weighted by molar-refractivity contribution is -0.385. The van der Waals surface area contributed by atoms with Crippen LogP contribution in [0.5, 0.6) is 11.5 Å². The zero-order valence-electron chi connectivity index (χ0n) is 12.2. The third-order valence-electron chi connectivity index (χ3n) is 3.03. The molecule has 0 aliphatic heterocycles. The molecule has 2 aromatic carbocycles. The molecule has 116 valence electrons. The van der Waals surface area contributed by atoms with Crippen LogP contribution in [0.4, 0.5) is 5.69 Å². The lowest BCUT2D eigenvalue weighted by atomic mass is 10.1. The van der Waals surface area contributed by atoms with Gasteiger partial charge in [-0.25, -0.2) is 4.79 Å². The van der Waals surface area contributed by atoms with E-state index in [0.29, 0.717) is 0 Å². The predicted molar refractivity (Wildman–Crippen MR) is 80.4 cm³/mol. The van der Waals surface area contributed by atoms with Gasteiger partial charge in [-0.1, -0.05) is 12.1 Å². The van der Waals surface area contributed by atoms with Crippen molar-refractivity contribution in [3.8, 4) is 17.6 Å². The largest absolute Gasteiger partial charge is 0.490 e. The summed E-state index contributed by atoms with van der Waals surface area (Å²) in [7, 11) is 1.31. The second-order valence-corrected chi connectivity index (χ2v) is 4.51. The van der Waals surface area contributed by atoms with Crippen LogP contribution in [0.25, 0.3) is 0 Å². The Bertz CT molecular complexity index is 778. The third-order valence-corrected chi connectivity index (χ3v) is 3.03. The summed E-state index contributed by atoms with van der Waals surface area (Å²) in [5.74, 6) is -0.369. The Morgan fingerprint density at radius 2 is 1.96 bits per heavy atom. The molecule has 0 bridgehead atoms. The van der Waals surface area contributed by atoms with Gasteiger partial charge in [0.25, 0.3) is 0 Å². The average Bonchev–Trinajstić information content (AvgIpc) is 2.56. The van der Waals surface area contributed by atoms with Crippen molar-refractivity contribution >= 4 is 11.7 Å². The molecule has 7 heteroatoms. The molecule has 0 atom stereocenters. The Hall–Kier alpha value is -3.40. The first-order valence-electron chi connectivity index (χ1n) is 6.55. The molecule has 0 radical (unpaired) electrons. The van der Waals surface area contributed by atoms with E-state index < -0.39 is 10.9 Å². The maximum Gasteiger partial charge on any atom is 0.343 e. The smallest absolute Gasteiger partial charge is 0.343 e. The van der Waals surface area contributed by atoms with Crippen molar-refractivity contribution in [3.63, 3.8) is 0 Å². The Balaban J connectivity index is 2.19. The first kappa shape index (κ1) is 16.0. The summed E-state index contributed by atoms with van der Waals surface area (Å²) < 4.78 is 10.0. The molecule has 0 fully saturated rings. The average molecular weight is 312 g/mol. The van der Waals surface area contributed by atoms with E-state index in [0.717, 1.165) is 11.6 Å². The highest BCUT2D eigenvalue weighted by Crippen LogP contribution is 2.28. The molecule has 2 rings (SSSR count). The van der Waals surface area contributed by atoms with Crippen molar-refractivity contribution < 1.29 is 19.2 Å². The van der Waals surface area contributed by atoms with Gasteiger partial charge in [0.05, 0.1) is 30.1 Å². The van der Waals surface area contributed by atoms with Crippen LogP contribution in [0.1, 0.15) is 15.9 Å². The maximum absolute atomic E-state index is 12.1. The van der Waals surface area contributed by atoms with Gasteiger partial charge in [-0.05, 0) is 29.8 Å². The Labute approximate surface area is 131 Å². The van der Waals surface area contributed by atoms with Crippen LogP contribution in [0, 0.1) is 21.4 Å². The topological polar surface area (TPSA) is 102 Å². The molecule has 0 unspecified atom stereocenters. The van der Waals surface area contributed by atoms with Gasteiger partial charge in [-0.15, -0.1) is 0 Å². The highest BCUT2D eigenvalue weighted by Gasteiger charge is 2.19. The van der Waals surface area contributed by atoms with Gasteiger partial charge in [-0.2, -0.15) is 5.26 Å². The minimum atomic E-state index is -0.719. The standard InChI is InChI=1S/C16H12N2O5/c1-22-15-7-4-12(10-14(15)18(20)21)16(19)23-13-5-2-11(3-6-13)8-9-17/h2-7,10H,8H2,1H3. The quantitative estimate of drug-likeness (QED) is 0.364. The fraction of sp³-hybridized carbons (Fsp3) is 0.125. The van der Waals surface area contributed by atoms with Crippen molar-refractivity contribution in [2.45, 2.75) is 6.42 Å². The number of nitro benzene ring substituents is 1. The molecule has 23 heavy (non-hydrogen) atoms. The van der Waals surface area contributed by atoms with Gasteiger partial charge in [0, 0.05) is 6.07 Å². The van der Waals surface area contributed by atoms with Gasteiger partial charge in [0.1, 0.15) is 5.75 Å². The minimum Gasteiger partial charge on any atom is -0.490 e. The molecule has 7 nitrogen and oxygen atoms in total. The van der Waals surface area contributed by atoms with Crippen molar-refractivity contribution in [2.24, 2.45) is 0 Å². The van der Waals surface area contributed by atoms with Crippen molar-refractivity contribution in [2.75, 3.05) is 7.11 Å². The lowest BCUT2D eigenvalue weighted by Gasteiger charge is -2.06. The van der Waals surface area contributed by atoms with Crippen molar-refractivity contribution in [1.82, 2.24) is 0 Å². The number of benzene rings is 2. The Morgan fingerprint density at radius 3 is 2.52 bits per heavy atom. The maximum atomic E-state index is 12.1. The lowest BCUT2D eigenvalue weighted by Crippen LogP contribution is -2.09. The molecule has 0 saturated heterocycles. The predicted octanol–water partition coefficient (Wildman–Crippen LogP) is 2.89. The van der Waals surface area contributed by atoms with Crippen LogP contribution in [0.2, 0.25) is 0 Å². The van der Waals surface area contributed by atoms with Crippen molar-refractivity contribution in [3.05, 3.63) is 63.7 Å². The molecule has 0 aromatic heterocycles. The summed E-state index contributed by atoms with van der Waals surface area (Å²) in [6.07, 6.45) is 0.263. The summed E-state index contributed by atoms with van der Waals surface area (Å²) in [6.45, 7) is 0. The summed E-state index contributed by atoms with van der Waals surface area (Å²) in [5, 5.41) is 19.6. The number of carbonyl (C=O) groups excluding carboxylic acids is 1. The summed E-state index contributed by atoms with van der Waals surface area (Å²) in [6, 6.07) is 12.3. The van der Waals surface area contributed by atoms with E-state index in [1.165, 1.54) is 19.2 Å². The van der Waals surface area contributed by atoms with Gasteiger partial charge >= 0.3 is 11.7 Å². The van der Waals surface area contributed by atoms with E-state index in [-0.39, 0.29) is 29.2 Å². The second kappa shape index (κ2) is 7.04. The van der Waals surface area contributed by atoms with E-state index in [9.17, 15) is 14.9 Å². The minimum absolute atomic E-state index is 0.0404. The van der Waals surface area contributed by atoms with Crippen LogP contribution in [0.15, 0.2) is 42.5 Å². The highest BCUT2D eigenvalue weighted by atomic mass is 16.6. The highest BCUT2D eigenvalue weighted by molar-refractivity contribution is 5.92. The molecule has 0 aliphatic rings. The number of esters is 1. The normalized spacial score (nSPS) is 9.74. The van der Waals surface area contributed by atoms with E-state index in [4.69, 9.17) is 14.7 Å². The number of hydrogen-bond donors (Lipinski definition) is 0. The second-order valence-electron chi connectivity index (χ2n) is 4.51. The van der Waals surface area contributed by atoms with Crippen LogP contribution in [-0.2, 0) is 6.42 Å². The molecule has 0 heterocycles. The summed E-state index contributed by atoms with van der Waals surface area (Å²) >= 11 is 0. The fourth-order valence-electron chi connectivity index (χ4n) is 1.89. The number of nitro groups is 1. The van der Waals surface area contributed by atoms with Crippen LogP contribution in [-0.4, -0.2) is 18.0 Å². The zero-order valence-corrected chi connectivity index (χ0v) is 12.2. The SMILES string of the molecule is COc1ccc(C(=O)Oc2ccc(CC#N)cc2)cc1[N+](=O)[O-]. The first-order chi connectivity index (χ1) is 11.0. The fourth-order valence-corrected chi connectivity index (χ4v) is 1.89. The number of ether oxygens (including phenoxy) is 2. The number of methoxy groups -OCH3 is 1. The van der Waals surface area contributed by atoms with E-state index >= 15 is 0 Å². The van der Waals surface area contributed by atoms with Gasteiger partial charge < -0.3 is 9.47 Å². The number of nitriles is 1. The molecule has 0 aliphatic carbocycles. The van der Waals surface area contributed by atoms with Gasteiger partial charge in [0.2, 0.25) is 0 Å². The van der Waals surface area contributed by atoms with Crippen LogP contribution < -0.4 is 9.47 Å². The monoisotopic (exact) mass is 312 g/mol. The number of carbonyl (C=O) groups is 1. The zero-order chi connectivity index (χ0) is 16.8. The van der Waals surface area contributed by atoms with Gasteiger partial charge in [-0.3, -0.25) is 10.1 Å². The van der Waals surface area contributed by atoms with Crippen LogP contribution >= 0.6 is 0 Å². The molecule has 0 saturated carbocycles. The molecule has 0 spiro atoms.